The predicted octanol–water partition coefficient (Wildman–Crippen LogP) is 4.27. The van der Waals surface area contributed by atoms with E-state index in [4.69, 9.17) is 5.11 Å². The molecule has 0 saturated carbocycles. The van der Waals surface area contributed by atoms with Crippen molar-refractivity contribution < 1.29 is 9.90 Å². The summed E-state index contributed by atoms with van der Waals surface area (Å²) < 4.78 is 1.26. The maximum Gasteiger partial charge on any atom is 0.305 e. The van der Waals surface area contributed by atoms with E-state index in [2.05, 4.69) is 22.8 Å². The monoisotopic (exact) mass is 317 g/mol. The Hall–Kier alpha value is -1.69. The van der Waals surface area contributed by atoms with Gasteiger partial charge in [0.2, 0.25) is 0 Å². The van der Waals surface area contributed by atoms with Gasteiger partial charge in [0.05, 0.1) is 12.5 Å². The number of benzene rings is 1. The molecule has 2 N–H and O–H groups in total. The van der Waals surface area contributed by atoms with Crippen LogP contribution in [-0.2, 0) is 11.3 Å². The molecule has 0 saturated heterocycles. The Labute approximate surface area is 130 Å². The summed E-state index contributed by atoms with van der Waals surface area (Å²) in [5.41, 5.74) is 1.22. The van der Waals surface area contributed by atoms with E-state index in [1.807, 2.05) is 29.6 Å². The van der Waals surface area contributed by atoms with E-state index in [9.17, 15) is 4.79 Å². The molecule has 1 aromatic carbocycles. The molecule has 0 amide bonds. The van der Waals surface area contributed by atoms with Crippen molar-refractivity contribution in [3.63, 3.8) is 0 Å². The number of rotatable bonds is 6. The summed E-state index contributed by atoms with van der Waals surface area (Å²) in [7, 11) is 0. The van der Waals surface area contributed by atoms with Crippen molar-refractivity contribution in [1.82, 2.24) is 5.32 Å². The molecular weight excluding hydrogens is 302 g/mol. The van der Waals surface area contributed by atoms with Gasteiger partial charge in [-0.1, -0.05) is 24.3 Å². The van der Waals surface area contributed by atoms with Crippen LogP contribution in [0.3, 0.4) is 0 Å². The molecule has 3 aromatic rings. The average Bonchev–Trinajstić information content (AvgIpc) is 3.13. The maximum absolute atomic E-state index is 11.0. The number of carboxylic acids is 1. The van der Waals surface area contributed by atoms with E-state index in [0.717, 1.165) is 4.88 Å². The number of hydrogen-bond donors (Lipinski definition) is 2. The van der Waals surface area contributed by atoms with Gasteiger partial charge in [0.15, 0.2) is 0 Å². The Morgan fingerprint density at radius 2 is 2.05 bits per heavy atom. The van der Waals surface area contributed by atoms with Crippen LogP contribution in [0, 0.1) is 0 Å². The van der Waals surface area contributed by atoms with Crippen molar-refractivity contribution in [1.29, 1.82) is 0 Å². The minimum atomic E-state index is -0.781. The third-order valence-corrected chi connectivity index (χ3v) is 5.36. The Kier molecular flexibility index (Phi) is 4.34. The minimum Gasteiger partial charge on any atom is -0.481 e. The van der Waals surface area contributed by atoms with Gasteiger partial charge in [-0.2, -0.15) is 0 Å². The molecule has 0 aliphatic rings. The molecule has 1 atom stereocenters. The largest absolute Gasteiger partial charge is 0.481 e. The van der Waals surface area contributed by atoms with Crippen LogP contribution < -0.4 is 5.32 Å². The lowest BCUT2D eigenvalue weighted by Gasteiger charge is -2.15. The first-order chi connectivity index (χ1) is 10.2. The van der Waals surface area contributed by atoms with Gasteiger partial charge < -0.3 is 10.4 Å². The standard InChI is InChI=1S/C16H15NO2S2/c18-16(19)8-13(15-6-3-7-20-15)17-9-11-10-21-14-5-2-1-4-12(11)14/h1-7,10,13,17H,8-9H2,(H,18,19). The van der Waals surface area contributed by atoms with Gasteiger partial charge in [-0.05, 0) is 33.8 Å². The topological polar surface area (TPSA) is 49.3 Å². The lowest BCUT2D eigenvalue weighted by molar-refractivity contribution is -0.137. The quantitative estimate of drug-likeness (QED) is 0.714. The predicted molar refractivity (Wildman–Crippen MR) is 88.0 cm³/mol. The molecule has 2 heterocycles. The van der Waals surface area contributed by atoms with Gasteiger partial charge in [0.25, 0.3) is 0 Å². The van der Waals surface area contributed by atoms with E-state index in [-0.39, 0.29) is 12.5 Å². The SMILES string of the molecule is O=C(O)CC(NCc1csc2ccccc12)c1cccs1. The van der Waals surface area contributed by atoms with Crippen molar-refractivity contribution in [3.8, 4) is 0 Å². The molecule has 1 unspecified atom stereocenters. The number of carboxylic acid groups (broad SMARTS) is 1. The highest BCUT2D eigenvalue weighted by Crippen LogP contribution is 2.27. The van der Waals surface area contributed by atoms with Crippen LogP contribution in [0.4, 0.5) is 0 Å². The molecule has 3 nitrogen and oxygen atoms in total. The highest BCUT2D eigenvalue weighted by atomic mass is 32.1. The molecule has 2 aromatic heterocycles. The van der Waals surface area contributed by atoms with Crippen LogP contribution in [0.5, 0.6) is 0 Å². The third-order valence-electron chi connectivity index (χ3n) is 3.37. The summed E-state index contributed by atoms with van der Waals surface area (Å²) >= 11 is 3.31. The Morgan fingerprint density at radius 3 is 2.81 bits per heavy atom. The van der Waals surface area contributed by atoms with E-state index >= 15 is 0 Å². The zero-order valence-electron chi connectivity index (χ0n) is 11.3. The number of hydrogen-bond acceptors (Lipinski definition) is 4. The summed E-state index contributed by atoms with van der Waals surface area (Å²) in [5, 5.41) is 17.8. The van der Waals surface area contributed by atoms with E-state index < -0.39 is 5.97 Å². The minimum absolute atomic E-state index is 0.0998. The highest BCUT2D eigenvalue weighted by molar-refractivity contribution is 7.17. The zero-order valence-corrected chi connectivity index (χ0v) is 12.9. The van der Waals surface area contributed by atoms with Crippen molar-refractivity contribution in [2.24, 2.45) is 0 Å². The fourth-order valence-corrected chi connectivity index (χ4v) is 4.11. The molecule has 21 heavy (non-hydrogen) atoms. The van der Waals surface area contributed by atoms with Gasteiger partial charge >= 0.3 is 5.97 Å². The second-order valence-corrected chi connectivity index (χ2v) is 6.69. The molecule has 3 rings (SSSR count). The lowest BCUT2D eigenvalue weighted by atomic mass is 10.1. The maximum atomic E-state index is 11.0. The Balaban J connectivity index is 1.76. The first kappa shape index (κ1) is 14.3. The van der Waals surface area contributed by atoms with Crippen LogP contribution in [0.25, 0.3) is 10.1 Å². The summed E-state index contributed by atoms with van der Waals surface area (Å²) in [6, 6.07) is 12.1. The van der Waals surface area contributed by atoms with Crippen molar-refractivity contribution >= 4 is 38.7 Å². The lowest BCUT2D eigenvalue weighted by Crippen LogP contribution is -2.22. The second kappa shape index (κ2) is 6.39. The van der Waals surface area contributed by atoms with Crippen LogP contribution in [-0.4, -0.2) is 11.1 Å². The molecule has 0 radical (unpaired) electrons. The van der Waals surface area contributed by atoms with Gasteiger partial charge in [0.1, 0.15) is 0 Å². The van der Waals surface area contributed by atoms with E-state index in [1.165, 1.54) is 15.6 Å². The number of nitrogens with one attached hydrogen (secondary N) is 1. The van der Waals surface area contributed by atoms with Crippen LogP contribution in [0.2, 0.25) is 0 Å². The van der Waals surface area contributed by atoms with Gasteiger partial charge in [-0.3, -0.25) is 4.79 Å². The highest BCUT2D eigenvalue weighted by Gasteiger charge is 2.16. The van der Waals surface area contributed by atoms with Crippen molar-refractivity contribution in [3.05, 3.63) is 57.6 Å². The zero-order chi connectivity index (χ0) is 14.7. The summed E-state index contributed by atoms with van der Waals surface area (Å²) in [4.78, 5) is 12.1. The second-order valence-electron chi connectivity index (χ2n) is 4.80. The number of aliphatic carboxylic acids is 1. The van der Waals surface area contributed by atoms with Gasteiger partial charge in [-0.25, -0.2) is 0 Å². The molecule has 0 fully saturated rings. The van der Waals surface area contributed by atoms with Crippen LogP contribution >= 0.6 is 22.7 Å². The molecule has 108 valence electrons. The van der Waals surface area contributed by atoms with Crippen molar-refractivity contribution in [2.75, 3.05) is 0 Å². The summed E-state index contributed by atoms with van der Waals surface area (Å²) in [6.45, 7) is 0.680. The Morgan fingerprint density at radius 1 is 1.19 bits per heavy atom. The van der Waals surface area contributed by atoms with E-state index in [0.29, 0.717) is 6.54 Å². The normalized spacial score (nSPS) is 12.6. The van der Waals surface area contributed by atoms with E-state index in [1.54, 1.807) is 22.7 Å². The van der Waals surface area contributed by atoms with Crippen LogP contribution in [0.1, 0.15) is 22.9 Å². The fourth-order valence-electron chi connectivity index (χ4n) is 2.34. The third kappa shape index (κ3) is 3.32. The van der Waals surface area contributed by atoms with Crippen molar-refractivity contribution in [2.45, 2.75) is 19.0 Å². The van der Waals surface area contributed by atoms with Gasteiger partial charge in [0, 0.05) is 16.1 Å². The Bertz CT molecular complexity index is 734. The molecule has 0 aliphatic carbocycles. The first-order valence-electron chi connectivity index (χ1n) is 6.68. The number of thiophene rings is 2. The number of carbonyl (C=O) groups is 1. The molecule has 0 aliphatic heterocycles. The molecule has 0 spiro atoms. The van der Waals surface area contributed by atoms with Gasteiger partial charge in [-0.15, -0.1) is 22.7 Å². The van der Waals surface area contributed by atoms with Crippen LogP contribution in [0.15, 0.2) is 47.2 Å². The molecule has 5 heteroatoms. The summed E-state index contributed by atoms with van der Waals surface area (Å²) in [5.74, 6) is -0.781. The average molecular weight is 317 g/mol. The molecule has 0 bridgehead atoms. The molecular formula is C16H15NO2S2. The first-order valence-corrected chi connectivity index (χ1v) is 8.43. The smallest absolute Gasteiger partial charge is 0.305 e. The fraction of sp³-hybridized carbons (Fsp3) is 0.188. The number of fused-ring (bicyclic) bond motifs is 1. The summed E-state index contributed by atoms with van der Waals surface area (Å²) in [6.07, 6.45) is 0.0998.